The molecule has 1 heterocycles. The van der Waals surface area contributed by atoms with Crippen LogP contribution in [0.15, 0.2) is 60.2 Å². The fourth-order valence-electron chi connectivity index (χ4n) is 3.96. The van der Waals surface area contributed by atoms with Crippen molar-refractivity contribution in [2.45, 2.75) is 33.2 Å². The zero-order chi connectivity index (χ0) is 21.7. The van der Waals surface area contributed by atoms with Crippen molar-refractivity contribution in [3.8, 4) is 0 Å². The van der Waals surface area contributed by atoms with Gasteiger partial charge in [-0.15, -0.1) is 0 Å². The molecule has 2 aromatic carbocycles. The zero-order valence-electron chi connectivity index (χ0n) is 18.0. The Balaban J connectivity index is 2.00. The molecular formula is C25H30N2O3. The SMILES string of the molecule is CCN(CC)CCCN1C(=O)C(=O)/C(=C(\O)c2ccccc2)C1c1ccc(C)cc1. The minimum absolute atomic E-state index is 0.120. The average molecular weight is 407 g/mol. The van der Waals surface area contributed by atoms with E-state index in [1.54, 1.807) is 29.2 Å². The number of rotatable bonds is 8. The van der Waals surface area contributed by atoms with Gasteiger partial charge in [0.05, 0.1) is 11.6 Å². The Bertz CT molecular complexity index is 915. The zero-order valence-corrected chi connectivity index (χ0v) is 18.0. The molecule has 0 aliphatic carbocycles. The Morgan fingerprint density at radius 2 is 1.63 bits per heavy atom. The highest BCUT2D eigenvalue weighted by atomic mass is 16.3. The Kier molecular flexibility index (Phi) is 7.06. The molecule has 3 rings (SSSR count). The van der Waals surface area contributed by atoms with E-state index in [0.717, 1.165) is 37.2 Å². The van der Waals surface area contributed by atoms with E-state index in [1.165, 1.54) is 0 Å². The molecular weight excluding hydrogens is 376 g/mol. The number of benzene rings is 2. The van der Waals surface area contributed by atoms with Gasteiger partial charge in [-0.05, 0) is 38.5 Å². The van der Waals surface area contributed by atoms with Gasteiger partial charge in [0.1, 0.15) is 5.76 Å². The topological polar surface area (TPSA) is 60.9 Å². The lowest BCUT2D eigenvalue weighted by Gasteiger charge is -2.27. The molecule has 0 aromatic heterocycles. The standard InChI is InChI=1S/C25H30N2O3/c1-4-26(5-2)16-9-17-27-22(19-14-12-18(3)13-15-19)21(24(29)25(27)30)23(28)20-10-7-6-8-11-20/h6-8,10-15,22,28H,4-5,9,16-17H2,1-3H3/b23-21-. The van der Waals surface area contributed by atoms with E-state index in [2.05, 4.69) is 18.7 Å². The normalized spacial score (nSPS) is 18.4. The summed E-state index contributed by atoms with van der Waals surface area (Å²) in [5, 5.41) is 11.0. The Labute approximate surface area is 178 Å². The quantitative estimate of drug-likeness (QED) is 0.406. The number of nitrogens with zero attached hydrogens (tertiary/aromatic N) is 2. The molecule has 30 heavy (non-hydrogen) atoms. The number of hydrogen-bond donors (Lipinski definition) is 1. The average Bonchev–Trinajstić information content (AvgIpc) is 3.02. The van der Waals surface area contributed by atoms with Crippen LogP contribution in [0.1, 0.15) is 43.0 Å². The maximum Gasteiger partial charge on any atom is 0.295 e. The molecule has 1 N–H and O–H groups in total. The maximum atomic E-state index is 13.0. The summed E-state index contributed by atoms with van der Waals surface area (Å²) in [6.45, 7) is 9.44. The van der Waals surface area contributed by atoms with Crippen molar-refractivity contribution < 1.29 is 14.7 Å². The number of aryl methyl sites for hydroxylation is 1. The highest BCUT2D eigenvalue weighted by Crippen LogP contribution is 2.39. The lowest BCUT2D eigenvalue weighted by Crippen LogP contribution is -2.33. The van der Waals surface area contributed by atoms with Crippen molar-refractivity contribution in [2.24, 2.45) is 0 Å². The van der Waals surface area contributed by atoms with Crippen LogP contribution >= 0.6 is 0 Å². The molecule has 0 saturated carbocycles. The molecule has 5 nitrogen and oxygen atoms in total. The highest BCUT2D eigenvalue weighted by Gasteiger charge is 2.45. The van der Waals surface area contributed by atoms with Gasteiger partial charge in [-0.3, -0.25) is 9.59 Å². The Morgan fingerprint density at radius 1 is 1.00 bits per heavy atom. The molecule has 1 saturated heterocycles. The van der Waals surface area contributed by atoms with Gasteiger partial charge >= 0.3 is 0 Å². The molecule has 158 valence electrons. The van der Waals surface area contributed by atoms with E-state index in [4.69, 9.17) is 0 Å². The van der Waals surface area contributed by atoms with E-state index in [9.17, 15) is 14.7 Å². The van der Waals surface area contributed by atoms with Gasteiger partial charge in [0.2, 0.25) is 0 Å². The van der Waals surface area contributed by atoms with Gasteiger partial charge in [-0.2, -0.15) is 0 Å². The fraction of sp³-hybridized carbons (Fsp3) is 0.360. The smallest absolute Gasteiger partial charge is 0.295 e. The summed E-state index contributed by atoms with van der Waals surface area (Å²) in [6, 6.07) is 16.2. The van der Waals surface area contributed by atoms with Crippen molar-refractivity contribution in [1.29, 1.82) is 0 Å². The van der Waals surface area contributed by atoms with Gasteiger partial charge in [0.25, 0.3) is 11.7 Å². The molecule has 2 aromatic rings. The predicted molar refractivity (Wildman–Crippen MR) is 119 cm³/mol. The summed E-state index contributed by atoms with van der Waals surface area (Å²) in [5.41, 5.74) is 2.63. The molecule has 1 atom stereocenters. The van der Waals surface area contributed by atoms with Crippen LogP contribution in [0.3, 0.4) is 0 Å². The lowest BCUT2D eigenvalue weighted by atomic mass is 9.94. The predicted octanol–water partition coefficient (Wildman–Crippen LogP) is 4.15. The molecule has 1 fully saturated rings. The van der Waals surface area contributed by atoms with Crippen molar-refractivity contribution >= 4 is 17.4 Å². The summed E-state index contributed by atoms with van der Waals surface area (Å²) < 4.78 is 0. The number of ketones is 1. The fourth-order valence-corrected chi connectivity index (χ4v) is 3.96. The molecule has 1 aliphatic heterocycles. The maximum absolute atomic E-state index is 13.0. The Hall–Kier alpha value is -2.92. The molecule has 1 aliphatic rings. The number of aliphatic hydroxyl groups excluding tert-OH is 1. The first kappa shape index (κ1) is 21.8. The minimum Gasteiger partial charge on any atom is -0.507 e. The third kappa shape index (κ3) is 4.46. The van der Waals surface area contributed by atoms with E-state index < -0.39 is 17.7 Å². The first-order valence-electron chi connectivity index (χ1n) is 10.6. The third-order valence-corrected chi connectivity index (χ3v) is 5.75. The number of likely N-dealkylation sites (tertiary alicyclic amines) is 1. The van der Waals surface area contributed by atoms with E-state index in [1.807, 2.05) is 37.3 Å². The van der Waals surface area contributed by atoms with Gasteiger partial charge < -0.3 is 14.9 Å². The van der Waals surface area contributed by atoms with Crippen molar-refractivity contribution in [1.82, 2.24) is 9.80 Å². The number of amides is 1. The van der Waals surface area contributed by atoms with Crippen LogP contribution in [0.25, 0.3) is 5.76 Å². The molecule has 1 amide bonds. The van der Waals surface area contributed by atoms with Crippen LogP contribution in [-0.2, 0) is 9.59 Å². The number of aliphatic hydroxyl groups is 1. The second-order valence-corrected chi connectivity index (χ2v) is 7.65. The van der Waals surface area contributed by atoms with Crippen molar-refractivity contribution in [3.05, 3.63) is 76.9 Å². The molecule has 1 unspecified atom stereocenters. The minimum atomic E-state index is -0.621. The number of carbonyl (C=O) groups is 2. The van der Waals surface area contributed by atoms with Crippen LogP contribution in [0.2, 0.25) is 0 Å². The second kappa shape index (κ2) is 9.72. The molecule has 0 radical (unpaired) electrons. The first-order chi connectivity index (χ1) is 14.5. The van der Waals surface area contributed by atoms with Gasteiger partial charge in [-0.1, -0.05) is 74.0 Å². The van der Waals surface area contributed by atoms with Gasteiger partial charge in [-0.25, -0.2) is 0 Å². The number of hydrogen-bond acceptors (Lipinski definition) is 4. The molecule has 5 heteroatoms. The summed E-state index contributed by atoms with van der Waals surface area (Å²) >= 11 is 0. The second-order valence-electron chi connectivity index (χ2n) is 7.65. The van der Waals surface area contributed by atoms with E-state index in [0.29, 0.717) is 12.1 Å². The Morgan fingerprint density at radius 3 is 2.23 bits per heavy atom. The van der Waals surface area contributed by atoms with Crippen LogP contribution in [0, 0.1) is 6.92 Å². The van der Waals surface area contributed by atoms with Crippen LogP contribution in [0.4, 0.5) is 0 Å². The van der Waals surface area contributed by atoms with E-state index in [-0.39, 0.29) is 11.3 Å². The highest BCUT2D eigenvalue weighted by molar-refractivity contribution is 6.46. The van der Waals surface area contributed by atoms with Gasteiger partial charge in [0.15, 0.2) is 0 Å². The van der Waals surface area contributed by atoms with Crippen LogP contribution in [-0.4, -0.2) is 52.8 Å². The lowest BCUT2D eigenvalue weighted by molar-refractivity contribution is -0.140. The summed E-state index contributed by atoms with van der Waals surface area (Å²) in [4.78, 5) is 29.8. The van der Waals surface area contributed by atoms with Crippen molar-refractivity contribution in [2.75, 3.05) is 26.2 Å². The van der Waals surface area contributed by atoms with Crippen molar-refractivity contribution in [3.63, 3.8) is 0 Å². The van der Waals surface area contributed by atoms with Crippen LogP contribution < -0.4 is 0 Å². The monoisotopic (exact) mass is 406 g/mol. The number of carbonyl (C=O) groups excluding carboxylic acids is 2. The molecule has 0 bridgehead atoms. The third-order valence-electron chi connectivity index (χ3n) is 5.75. The largest absolute Gasteiger partial charge is 0.507 e. The first-order valence-corrected chi connectivity index (χ1v) is 10.6. The number of Topliss-reactive ketones (excluding diaryl/α,β-unsaturated/α-hetero) is 1. The van der Waals surface area contributed by atoms with Gasteiger partial charge in [0, 0.05) is 12.1 Å². The summed E-state index contributed by atoms with van der Waals surface area (Å²) in [7, 11) is 0. The molecule has 0 spiro atoms. The summed E-state index contributed by atoms with van der Waals surface area (Å²) in [6.07, 6.45) is 0.766. The van der Waals surface area contributed by atoms with E-state index >= 15 is 0 Å². The van der Waals surface area contributed by atoms with Crippen LogP contribution in [0.5, 0.6) is 0 Å². The summed E-state index contributed by atoms with van der Waals surface area (Å²) in [5.74, 6) is -1.28.